The second kappa shape index (κ2) is 8.75. The minimum Gasteiger partial charge on any atom is -0.444 e. The Kier molecular flexibility index (Phi) is 6.31. The third-order valence-electron chi connectivity index (χ3n) is 4.32. The highest BCUT2D eigenvalue weighted by atomic mass is 35.5. The van der Waals surface area contributed by atoms with Crippen LogP contribution in [0.3, 0.4) is 0 Å². The summed E-state index contributed by atoms with van der Waals surface area (Å²) in [6, 6.07) is 14.7. The summed E-state index contributed by atoms with van der Waals surface area (Å²) in [5.41, 5.74) is 1.79. The van der Waals surface area contributed by atoms with Crippen molar-refractivity contribution in [3.05, 3.63) is 81.5 Å². The molecule has 0 fully saturated rings. The second-order valence-electron chi connectivity index (χ2n) is 8.07. The average Bonchev–Trinajstić information content (AvgIpc) is 3.03. The number of amides is 1. The second-order valence-corrected chi connectivity index (χ2v) is 8.51. The molecule has 0 saturated carbocycles. The number of ether oxygens (including phenoxy) is 1. The zero-order valence-electron chi connectivity index (χ0n) is 17.5. The smallest absolute Gasteiger partial charge is 0.410 e. The lowest BCUT2D eigenvalue weighted by molar-refractivity contribution is 0.0285. The first-order valence-electron chi connectivity index (χ1n) is 9.55. The Labute approximate surface area is 180 Å². The lowest BCUT2D eigenvalue weighted by Gasteiger charge is -2.24. The molecule has 0 N–H and O–H groups in total. The molecule has 8 heteroatoms. The van der Waals surface area contributed by atoms with E-state index in [9.17, 15) is 9.59 Å². The molecular weight excluding hydrogens is 404 g/mol. The highest BCUT2D eigenvalue weighted by Crippen LogP contribution is 2.14. The molecule has 0 aliphatic carbocycles. The molecule has 7 nitrogen and oxygen atoms in total. The van der Waals surface area contributed by atoms with Crippen LogP contribution in [0.4, 0.5) is 4.79 Å². The number of carbonyl (C=O) groups excluding carboxylic acids is 1. The van der Waals surface area contributed by atoms with Crippen LogP contribution in [0.1, 0.15) is 31.9 Å². The molecule has 0 atom stereocenters. The van der Waals surface area contributed by atoms with Gasteiger partial charge in [-0.15, -0.1) is 0 Å². The normalized spacial score (nSPS) is 11.4. The minimum atomic E-state index is -0.539. The van der Waals surface area contributed by atoms with Gasteiger partial charge in [-0.25, -0.2) is 18.8 Å². The molecule has 0 aliphatic rings. The maximum atomic E-state index is 12.7. The molecule has 1 aromatic heterocycles. The molecule has 1 amide bonds. The fraction of sp³-hybridized carbons (Fsp3) is 0.318. The van der Waals surface area contributed by atoms with Gasteiger partial charge >= 0.3 is 11.8 Å². The van der Waals surface area contributed by atoms with Gasteiger partial charge in [0.25, 0.3) is 0 Å². The maximum absolute atomic E-state index is 12.7. The number of nitrogens with zero attached hydrogens (tertiary/aromatic N) is 4. The van der Waals surface area contributed by atoms with Gasteiger partial charge in [-0.2, -0.15) is 5.10 Å². The summed E-state index contributed by atoms with van der Waals surface area (Å²) in [4.78, 5) is 26.3. The maximum Gasteiger partial charge on any atom is 0.410 e. The quantitative estimate of drug-likeness (QED) is 0.613. The number of hydrogen-bond donors (Lipinski definition) is 0. The van der Waals surface area contributed by atoms with Gasteiger partial charge in [0.15, 0.2) is 0 Å². The summed E-state index contributed by atoms with van der Waals surface area (Å²) in [6.07, 6.45) is 1.12. The molecular formula is C22H25ClN4O3. The van der Waals surface area contributed by atoms with Gasteiger partial charge in [-0.05, 0) is 56.2 Å². The molecule has 0 bridgehead atoms. The number of hydrogen-bond acceptors (Lipinski definition) is 4. The Morgan fingerprint density at radius 1 is 1.07 bits per heavy atom. The van der Waals surface area contributed by atoms with Crippen molar-refractivity contribution in [3.63, 3.8) is 0 Å². The summed E-state index contributed by atoms with van der Waals surface area (Å²) >= 11 is 5.90. The number of rotatable bonds is 5. The van der Waals surface area contributed by atoms with Crippen molar-refractivity contribution in [3.8, 4) is 5.69 Å². The summed E-state index contributed by atoms with van der Waals surface area (Å²) in [6.45, 7) is 6.26. The van der Waals surface area contributed by atoms with Crippen LogP contribution in [-0.2, 0) is 17.8 Å². The topological polar surface area (TPSA) is 69.4 Å². The molecule has 2 aromatic carbocycles. The molecule has 3 rings (SSSR count). The van der Waals surface area contributed by atoms with Crippen LogP contribution in [-0.4, -0.2) is 38.0 Å². The standard InChI is InChI=1S/C22H25ClN4O3/c1-22(2,3)30-21(29)25(4)13-16-7-11-19(12-8-16)26-15-24-27(20(26)28)14-17-5-9-18(23)10-6-17/h5-12,15H,13-14H2,1-4H3. The zero-order chi connectivity index (χ0) is 21.9. The van der Waals surface area contributed by atoms with Crippen LogP contribution in [0, 0.1) is 0 Å². The van der Waals surface area contributed by atoms with Gasteiger partial charge in [0.2, 0.25) is 0 Å². The van der Waals surface area contributed by atoms with Gasteiger partial charge in [0.05, 0.1) is 12.2 Å². The van der Waals surface area contributed by atoms with E-state index < -0.39 is 5.60 Å². The monoisotopic (exact) mass is 428 g/mol. The minimum absolute atomic E-state index is 0.233. The SMILES string of the molecule is CN(Cc1ccc(-n2cnn(Cc3ccc(Cl)cc3)c2=O)cc1)C(=O)OC(C)(C)C. The van der Waals surface area contributed by atoms with Crippen LogP contribution in [0.15, 0.2) is 59.7 Å². The average molecular weight is 429 g/mol. The van der Waals surface area contributed by atoms with Crippen LogP contribution in [0.5, 0.6) is 0 Å². The third kappa shape index (κ3) is 5.51. The highest BCUT2D eigenvalue weighted by molar-refractivity contribution is 6.30. The van der Waals surface area contributed by atoms with E-state index in [-0.39, 0.29) is 11.8 Å². The first-order chi connectivity index (χ1) is 14.1. The highest BCUT2D eigenvalue weighted by Gasteiger charge is 2.19. The van der Waals surface area contributed by atoms with Crippen molar-refractivity contribution < 1.29 is 9.53 Å². The Morgan fingerprint density at radius 2 is 1.67 bits per heavy atom. The van der Waals surface area contributed by atoms with E-state index in [4.69, 9.17) is 16.3 Å². The van der Waals surface area contributed by atoms with E-state index in [0.29, 0.717) is 23.8 Å². The molecule has 0 aliphatic heterocycles. The van der Waals surface area contributed by atoms with E-state index in [1.165, 1.54) is 20.5 Å². The van der Waals surface area contributed by atoms with Crippen molar-refractivity contribution in [1.82, 2.24) is 19.2 Å². The van der Waals surface area contributed by atoms with Gasteiger partial charge < -0.3 is 9.64 Å². The Balaban J connectivity index is 1.69. The van der Waals surface area contributed by atoms with Crippen molar-refractivity contribution in [2.24, 2.45) is 0 Å². The van der Waals surface area contributed by atoms with Crippen molar-refractivity contribution in [2.45, 2.75) is 39.5 Å². The number of aromatic nitrogens is 3. The van der Waals surface area contributed by atoms with Crippen LogP contribution in [0.2, 0.25) is 5.02 Å². The van der Waals surface area contributed by atoms with E-state index in [2.05, 4.69) is 5.10 Å². The predicted octanol–water partition coefficient (Wildman–Crippen LogP) is 4.10. The van der Waals surface area contributed by atoms with E-state index in [1.54, 1.807) is 19.2 Å². The summed E-state index contributed by atoms with van der Waals surface area (Å²) in [5, 5.41) is 4.85. The van der Waals surface area contributed by atoms with E-state index in [1.807, 2.05) is 57.2 Å². The van der Waals surface area contributed by atoms with Gasteiger partial charge in [-0.1, -0.05) is 35.9 Å². The van der Waals surface area contributed by atoms with Gasteiger partial charge in [0.1, 0.15) is 11.9 Å². The van der Waals surface area contributed by atoms with Crippen molar-refractivity contribution in [2.75, 3.05) is 7.05 Å². The number of carbonyl (C=O) groups is 1. The Hall–Kier alpha value is -3.06. The Bertz CT molecular complexity index is 1060. The molecule has 1 heterocycles. The molecule has 0 unspecified atom stereocenters. The van der Waals surface area contributed by atoms with E-state index >= 15 is 0 Å². The summed E-state index contributed by atoms with van der Waals surface area (Å²) in [5.74, 6) is 0. The van der Waals surface area contributed by atoms with Crippen LogP contribution >= 0.6 is 11.6 Å². The predicted molar refractivity (Wildman–Crippen MR) is 116 cm³/mol. The largest absolute Gasteiger partial charge is 0.444 e. The Morgan fingerprint density at radius 3 is 2.27 bits per heavy atom. The van der Waals surface area contributed by atoms with Crippen LogP contribution in [0.25, 0.3) is 5.69 Å². The molecule has 0 saturated heterocycles. The molecule has 30 heavy (non-hydrogen) atoms. The third-order valence-corrected chi connectivity index (χ3v) is 4.57. The molecule has 3 aromatic rings. The number of halogens is 1. The first-order valence-corrected chi connectivity index (χ1v) is 9.92. The lowest BCUT2D eigenvalue weighted by atomic mass is 10.2. The van der Waals surface area contributed by atoms with Crippen LogP contribution < -0.4 is 5.69 Å². The molecule has 158 valence electrons. The fourth-order valence-electron chi connectivity index (χ4n) is 2.83. The summed E-state index contributed by atoms with van der Waals surface area (Å²) in [7, 11) is 1.69. The van der Waals surface area contributed by atoms with Gasteiger partial charge in [0, 0.05) is 18.6 Å². The first kappa shape index (κ1) is 21.6. The fourth-order valence-corrected chi connectivity index (χ4v) is 2.95. The van der Waals surface area contributed by atoms with Gasteiger partial charge in [-0.3, -0.25) is 0 Å². The molecule has 0 spiro atoms. The lowest BCUT2D eigenvalue weighted by Crippen LogP contribution is -2.33. The molecule has 0 radical (unpaired) electrons. The van der Waals surface area contributed by atoms with E-state index in [0.717, 1.165) is 11.1 Å². The van der Waals surface area contributed by atoms with Crippen molar-refractivity contribution in [1.29, 1.82) is 0 Å². The summed E-state index contributed by atoms with van der Waals surface area (Å²) < 4.78 is 8.24. The van der Waals surface area contributed by atoms with Crippen molar-refractivity contribution >= 4 is 17.7 Å². The number of benzene rings is 2. The zero-order valence-corrected chi connectivity index (χ0v) is 18.3.